The highest BCUT2D eigenvalue weighted by molar-refractivity contribution is 6.05. The van der Waals surface area contributed by atoms with Gasteiger partial charge in [-0.2, -0.15) is 0 Å². The standard InChI is InChI=1S/C27H25N5O7.2H2O/c1-29-25(35)16-3-5-21-24(39-23(34)7-6-22(33)38-21)18(16)13-32-26(36)20(31-27(32)37)11-14-2-4-19-17(10-14)15(8-9-28)12-30-19;;/h2-7,10,12,20,30H,8-9,11,13,28H2,1H3,(H,29,35)(H,31,37);2*1H2/b7-6-;;. The second-order valence-electron chi connectivity index (χ2n) is 9.04. The number of aromatic nitrogens is 1. The van der Waals surface area contributed by atoms with Crippen LogP contribution in [0.3, 0.4) is 0 Å². The Morgan fingerprint density at radius 1 is 1.05 bits per heavy atom. The number of ether oxygens (including phenoxy) is 2. The SMILES string of the molecule is CNC(=O)c1ccc2c(c1CN1C(=O)NC(Cc3ccc4[nH]cc(CCN)c4c3)C1=O)OC(=O)/C=C\C(=O)O2.O.O. The molecular weight excluding hydrogens is 538 g/mol. The van der Waals surface area contributed by atoms with Crippen molar-refractivity contribution in [2.24, 2.45) is 5.73 Å². The first kappa shape index (κ1) is 30.5. The number of hydrogen-bond acceptors (Lipinski definition) is 8. The molecule has 0 aliphatic carbocycles. The second kappa shape index (κ2) is 12.4. The predicted octanol–water partition coefficient (Wildman–Crippen LogP) is -0.577. The summed E-state index contributed by atoms with van der Waals surface area (Å²) < 4.78 is 10.6. The molecule has 14 heteroatoms. The molecule has 4 amide bonds. The number of urea groups is 1. The number of imide groups is 1. The number of H-pyrrole nitrogens is 1. The van der Waals surface area contributed by atoms with Gasteiger partial charge in [-0.05, 0) is 48.4 Å². The van der Waals surface area contributed by atoms with Gasteiger partial charge in [0.1, 0.15) is 6.04 Å². The minimum absolute atomic E-state index is 0. The Morgan fingerprint density at radius 2 is 1.78 bits per heavy atom. The summed E-state index contributed by atoms with van der Waals surface area (Å²) in [6, 6.07) is 6.88. The third kappa shape index (κ3) is 5.94. The summed E-state index contributed by atoms with van der Waals surface area (Å²) in [5.74, 6) is -3.14. The Morgan fingerprint density at radius 3 is 2.49 bits per heavy atom. The van der Waals surface area contributed by atoms with Crippen LogP contribution in [0.2, 0.25) is 0 Å². The van der Waals surface area contributed by atoms with Crippen LogP contribution in [0, 0.1) is 0 Å². The zero-order chi connectivity index (χ0) is 27.7. The number of carbonyl (C=O) groups excluding carboxylic acids is 5. The van der Waals surface area contributed by atoms with Gasteiger partial charge in [-0.3, -0.25) is 14.5 Å². The van der Waals surface area contributed by atoms with E-state index in [9.17, 15) is 24.0 Å². The van der Waals surface area contributed by atoms with Gasteiger partial charge in [0, 0.05) is 53.8 Å². The number of fused-ring (bicyclic) bond motifs is 2. The molecule has 0 spiro atoms. The number of benzene rings is 2. The third-order valence-electron chi connectivity index (χ3n) is 6.57. The molecule has 41 heavy (non-hydrogen) atoms. The Kier molecular flexibility index (Phi) is 9.24. The third-order valence-corrected chi connectivity index (χ3v) is 6.57. The van der Waals surface area contributed by atoms with Crippen LogP contribution in [-0.4, -0.2) is 70.3 Å². The summed E-state index contributed by atoms with van der Waals surface area (Å²) in [5, 5.41) is 6.16. The average Bonchev–Trinajstić information content (AvgIpc) is 3.43. The summed E-state index contributed by atoms with van der Waals surface area (Å²) in [6.07, 6.45) is 4.62. The molecule has 2 aliphatic rings. The Balaban J connectivity index is 0.00000231. The van der Waals surface area contributed by atoms with E-state index in [4.69, 9.17) is 15.2 Å². The fourth-order valence-corrected chi connectivity index (χ4v) is 4.69. The van der Waals surface area contributed by atoms with Crippen molar-refractivity contribution in [1.82, 2.24) is 20.5 Å². The maximum atomic E-state index is 13.4. The van der Waals surface area contributed by atoms with E-state index in [0.29, 0.717) is 13.0 Å². The monoisotopic (exact) mass is 567 g/mol. The van der Waals surface area contributed by atoms with E-state index >= 15 is 0 Å². The minimum atomic E-state index is -0.882. The molecule has 0 radical (unpaired) electrons. The Bertz CT molecular complexity index is 1560. The molecule has 5 rings (SSSR count). The molecule has 216 valence electrons. The van der Waals surface area contributed by atoms with Crippen molar-refractivity contribution in [2.75, 3.05) is 13.6 Å². The number of rotatable bonds is 7. The number of nitrogens with two attached hydrogens (primary N) is 1. The molecule has 9 N–H and O–H groups in total. The summed E-state index contributed by atoms with van der Waals surface area (Å²) in [4.78, 5) is 67.3. The first-order valence-corrected chi connectivity index (χ1v) is 12.2. The van der Waals surface area contributed by atoms with E-state index in [1.165, 1.54) is 19.2 Å². The molecular formula is C27H29N5O9. The van der Waals surface area contributed by atoms with Crippen LogP contribution in [0.15, 0.2) is 48.7 Å². The lowest BCUT2D eigenvalue weighted by Crippen LogP contribution is -2.33. The largest absolute Gasteiger partial charge is 0.419 e. The molecule has 14 nitrogen and oxygen atoms in total. The Labute approximate surface area is 233 Å². The van der Waals surface area contributed by atoms with E-state index in [0.717, 1.165) is 39.1 Å². The highest BCUT2D eigenvalue weighted by Crippen LogP contribution is 2.37. The number of aromatic amines is 1. The van der Waals surface area contributed by atoms with Gasteiger partial charge in [-0.25, -0.2) is 14.4 Å². The fourth-order valence-electron chi connectivity index (χ4n) is 4.69. The van der Waals surface area contributed by atoms with E-state index in [1.54, 1.807) is 0 Å². The van der Waals surface area contributed by atoms with Crippen molar-refractivity contribution in [3.8, 4) is 11.5 Å². The van der Waals surface area contributed by atoms with Crippen molar-refractivity contribution >= 4 is 40.7 Å². The lowest BCUT2D eigenvalue weighted by molar-refractivity contribution is -0.133. The molecule has 1 aromatic heterocycles. The van der Waals surface area contributed by atoms with Crippen molar-refractivity contribution in [3.05, 3.63) is 70.9 Å². The summed E-state index contributed by atoms with van der Waals surface area (Å²) in [5.41, 5.74) is 8.63. The number of nitrogens with zero attached hydrogens (tertiary/aromatic N) is 1. The highest BCUT2D eigenvalue weighted by Gasteiger charge is 2.39. The maximum Gasteiger partial charge on any atom is 0.336 e. The quantitative estimate of drug-likeness (QED) is 0.163. The summed E-state index contributed by atoms with van der Waals surface area (Å²) in [6.45, 7) is 0.0917. The summed E-state index contributed by atoms with van der Waals surface area (Å²) >= 11 is 0. The normalized spacial score (nSPS) is 16.8. The number of esters is 2. The smallest absolute Gasteiger partial charge is 0.336 e. The first-order chi connectivity index (χ1) is 18.8. The van der Waals surface area contributed by atoms with Gasteiger partial charge in [0.15, 0.2) is 11.5 Å². The van der Waals surface area contributed by atoms with Crippen LogP contribution in [0.5, 0.6) is 11.5 Å². The molecule has 0 saturated carbocycles. The second-order valence-corrected chi connectivity index (χ2v) is 9.04. The van der Waals surface area contributed by atoms with Gasteiger partial charge in [-0.15, -0.1) is 0 Å². The summed E-state index contributed by atoms with van der Waals surface area (Å²) in [7, 11) is 1.40. The number of amides is 4. The van der Waals surface area contributed by atoms with Crippen LogP contribution in [0.1, 0.15) is 27.0 Å². The zero-order valence-electron chi connectivity index (χ0n) is 21.9. The number of hydrogen-bond donors (Lipinski definition) is 4. The highest BCUT2D eigenvalue weighted by atomic mass is 16.6. The van der Waals surface area contributed by atoms with Crippen molar-refractivity contribution in [2.45, 2.75) is 25.4 Å². The first-order valence-electron chi connectivity index (χ1n) is 12.2. The maximum absolute atomic E-state index is 13.4. The fraction of sp³-hybridized carbons (Fsp3) is 0.222. The van der Waals surface area contributed by atoms with Gasteiger partial charge in [-0.1, -0.05) is 6.07 Å². The van der Waals surface area contributed by atoms with E-state index in [1.807, 2.05) is 24.4 Å². The van der Waals surface area contributed by atoms with E-state index < -0.39 is 42.4 Å². The predicted molar refractivity (Wildman–Crippen MR) is 145 cm³/mol. The van der Waals surface area contributed by atoms with Crippen molar-refractivity contribution < 1.29 is 44.4 Å². The topological polar surface area (TPSA) is 236 Å². The lowest BCUT2D eigenvalue weighted by Gasteiger charge is -2.21. The van der Waals surface area contributed by atoms with Gasteiger partial charge < -0.3 is 41.8 Å². The van der Waals surface area contributed by atoms with Crippen LogP contribution in [-0.2, 0) is 33.8 Å². The van der Waals surface area contributed by atoms with Crippen LogP contribution in [0.4, 0.5) is 4.79 Å². The van der Waals surface area contributed by atoms with E-state index in [-0.39, 0.29) is 40.0 Å². The molecule has 2 aliphatic heterocycles. The van der Waals surface area contributed by atoms with Crippen molar-refractivity contribution in [1.29, 1.82) is 0 Å². The molecule has 1 saturated heterocycles. The van der Waals surface area contributed by atoms with Crippen LogP contribution < -0.4 is 25.8 Å². The molecule has 3 heterocycles. The van der Waals surface area contributed by atoms with Gasteiger partial charge in [0.05, 0.1) is 6.54 Å². The van der Waals surface area contributed by atoms with Gasteiger partial charge >= 0.3 is 18.0 Å². The van der Waals surface area contributed by atoms with Gasteiger partial charge in [0.25, 0.3) is 11.8 Å². The number of nitrogens with one attached hydrogen (secondary N) is 3. The zero-order valence-corrected chi connectivity index (χ0v) is 21.9. The van der Waals surface area contributed by atoms with Crippen LogP contribution >= 0.6 is 0 Å². The molecule has 3 aromatic rings. The molecule has 0 bridgehead atoms. The molecule has 1 atom stereocenters. The Hall–Kier alpha value is -5.05. The lowest BCUT2D eigenvalue weighted by atomic mass is 10.0. The van der Waals surface area contributed by atoms with Crippen molar-refractivity contribution in [3.63, 3.8) is 0 Å². The van der Waals surface area contributed by atoms with Gasteiger partial charge in [0.2, 0.25) is 0 Å². The minimum Gasteiger partial charge on any atom is -0.419 e. The molecule has 1 fully saturated rings. The molecule has 1 unspecified atom stereocenters. The van der Waals surface area contributed by atoms with E-state index in [2.05, 4.69) is 15.6 Å². The molecule has 2 aromatic carbocycles. The van der Waals surface area contributed by atoms with Crippen LogP contribution in [0.25, 0.3) is 10.9 Å². The number of carbonyl (C=O) groups is 5. The average molecular weight is 568 g/mol.